The highest BCUT2D eigenvalue weighted by atomic mass is 127. The number of nitrogens with two attached hydrogens (primary N) is 1. The summed E-state index contributed by atoms with van der Waals surface area (Å²) in [5.41, 5.74) is 6.47. The quantitative estimate of drug-likeness (QED) is 0.672. The van der Waals surface area contributed by atoms with Crippen LogP contribution in [0.1, 0.15) is 25.7 Å². The molecule has 1 aromatic rings. The van der Waals surface area contributed by atoms with Gasteiger partial charge in [0.15, 0.2) is 0 Å². The van der Waals surface area contributed by atoms with Crippen LogP contribution in [0.25, 0.3) is 0 Å². The summed E-state index contributed by atoms with van der Waals surface area (Å²) in [4.78, 5) is 0. The Morgan fingerprint density at radius 2 is 2.00 bits per heavy atom. The van der Waals surface area contributed by atoms with Gasteiger partial charge in [0.25, 0.3) is 0 Å². The van der Waals surface area contributed by atoms with Crippen molar-refractivity contribution in [2.75, 3.05) is 5.73 Å². The van der Waals surface area contributed by atoms with Crippen LogP contribution in [0.5, 0.6) is 5.75 Å². The van der Waals surface area contributed by atoms with Crippen LogP contribution in [0.3, 0.4) is 0 Å². The monoisotopic (exact) mass is 303 g/mol. The fourth-order valence-corrected chi connectivity index (χ4v) is 2.46. The molecule has 2 N–H and O–H groups in total. The van der Waals surface area contributed by atoms with Crippen LogP contribution in [0.2, 0.25) is 0 Å². The molecular weight excluding hydrogens is 289 g/mol. The highest BCUT2D eigenvalue weighted by molar-refractivity contribution is 14.1. The van der Waals surface area contributed by atoms with Gasteiger partial charge in [0.05, 0.1) is 9.67 Å². The van der Waals surface area contributed by atoms with E-state index in [9.17, 15) is 0 Å². The maximum absolute atomic E-state index is 5.90. The van der Waals surface area contributed by atoms with Crippen molar-refractivity contribution >= 4 is 28.3 Å². The van der Waals surface area contributed by atoms with Crippen molar-refractivity contribution in [3.8, 4) is 5.75 Å². The summed E-state index contributed by atoms with van der Waals surface area (Å²) in [6.07, 6.45) is 5.42. The molecule has 1 saturated carbocycles. The average Bonchev–Trinajstić information content (AvgIpc) is 2.62. The predicted molar refractivity (Wildman–Crippen MR) is 66.5 cm³/mol. The van der Waals surface area contributed by atoms with Gasteiger partial charge in [-0.05, 0) is 66.5 Å². The number of ether oxygens (including phenoxy) is 1. The maximum Gasteiger partial charge on any atom is 0.133 e. The van der Waals surface area contributed by atoms with Crippen molar-refractivity contribution in [1.29, 1.82) is 0 Å². The van der Waals surface area contributed by atoms with Gasteiger partial charge in [-0.1, -0.05) is 0 Å². The normalized spacial score (nSPS) is 17.2. The van der Waals surface area contributed by atoms with Crippen LogP contribution >= 0.6 is 22.6 Å². The van der Waals surface area contributed by atoms with Crippen molar-refractivity contribution in [3.63, 3.8) is 0 Å². The molecule has 0 radical (unpaired) electrons. The van der Waals surface area contributed by atoms with Crippen molar-refractivity contribution in [1.82, 2.24) is 0 Å². The Bertz CT molecular complexity index is 321. The summed E-state index contributed by atoms with van der Waals surface area (Å²) in [5.74, 6) is 0.978. The lowest BCUT2D eigenvalue weighted by Crippen LogP contribution is -2.11. The summed E-state index contributed by atoms with van der Waals surface area (Å²) in [7, 11) is 0. The molecule has 0 bridgehead atoms. The molecule has 1 aliphatic carbocycles. The first-order valence-corrected chi connectivity index (χ1v) is 6.05. The van der Waals surface area contributed by atoms with Crippen LogP contribution in [-0.4, -0.2) is 6.10 Å². The topological polar surface area (TPSA) is 35.2 Å². The Balaban J connectivity index is 2.08. The summed E-state index contributed by atoms with van der Waals surface area (Å²) < 4.78 is 7.00. The van der Waals surface area contributed by atoms with Gasteiger partial charge in [0, 0.05) is 5.69 Å². The third-order valence-corrected chi connectivity index (χ3v) is 3.39. The van der Waals surface area contributed by atoms with E-state index in [0.717, 1.165) is 15.0 Å². The van der Waals surface area contributed by atoms with Crippen LogP contribution in [0.4, 0.5) is 5.69 Å². The molecule has 0 aromatic heterocycles. The molecule has 0 amide bonds. The molecule has 0 aliphatic heterocycles. The lowest BCUT2D eigenvalue weighted by molar-refractivity contribution is 0.208. The maximum atomic E-state index is 5.90. The number of nitrogen functional groups attached to an aromatic ring is 1. The fraction of sp³-hybridized carbons (Fsp3) is 0.455. The first kappa shape index (κ1) is 10.1. The fourth-order valence-electron chi connectivity index (χ4n) is 1.80. The van der Waals surface area contributed by atoms with Crippen molar-refractivity contribution < 1.29 is 4.74 Å². The van der Waals surface area contributed by atoms with E-state index in [1.807, 2.05) is 18.2 Å². The van der Waals surface area contributed by atoms with Crippen LogP contribution < -0.4 is 10.5 Å². The second kappa shape index (κ2) is 4.38. The molecule has 2 nitrogen and oxygen atoms in total. The lowest BCUT2D eigenvalue weighted by atomic mass is 10.3. The minimum absolute atomic E-state index is 0.423. The molecule has 0 spiro atoms. The number of benzene rings is 1. The third kappa shape index (κ3) is 2.32. The number of hydrogen-bond donors (Lipinski definition) is 1. The van der Waals surface area contributed by atoms with Gasteiger partial charge in [-0.25, -0.2) is 0 Å². The van der Waals surface area contributed by atoms with E-state index >= 15 is 0 Å². The van der Waals surface area contributed by atoms with E-state index in [1.165, 1.54) is 25.7 Å². The molecule has 0 unspecified atom stereocenters. The molecule has 14 heavy (non-hydrogen) atoms. The smallest absolute Gasteiger partial charge is 0.133 e. The van der Waals surface area contributed by atoms with Crippen LogP contribution in [0.15, 0.2) is 18.2 Å². The zero-order valence-electron chi connectivity index (χ0n) is 8.00. The first-order valence-electron chi connectivity index (χ1n) is 4.97. The van der Waals surface area contributed by atoms with Crippen LogP contribution in [-0.2, 0) is 0 Å². The van der Waals surface area contributed by atoms with E-state index in [1.54, 1.807) is 0 Å². The summed E-state index contributed by atoms with van der Waals surface area (Å²) in [6.45, 7) is 0. The number of hydrogen-bond acceptors (Lipinski definition) is 2. The molecule has 76 valence electrons. The van der Waals surface area contributed by atoms with Gasteiger partial charge in [-0.3, -0.25) is 0 Å². The van der Waals surface area contributed by atoms with E-state index < -0.39 is 0 Å². The lowest BCUT2D eigenvalue weighted by Gasteiger charge is -2.14. The van der Waals surface area contributed by atoms with Crippen molar-refractivity contribution in [2.45, 2.75) is 31.8 Å². The number of rotatable bonds is 2. The molecular formula is C11H14INO. The Morgan fingerprint density at radius 1 is 1.29 bits per heavy atom. The molecule has 0 atom stereocenters. The molecule has 2 rings (SSSR count). The van der Waals surface area contributed by atoms with Gasteiger partial charge in [-0.15, -0.1) is 0 Å². The van der Waals surface area contributed by atoms with E-state index in [2.05, 4.69) is 22.6 Å². The van der Waals surface area contributed by atoms with Gasteiger partial charge in [0.1, 0.15) is 5.75 Å². The molecule has 1 fully saturated rings. The average molecular weight is 303 g/mol. The SMILES string of the molecule is Nc1ccc(OC2CCCC2)c(I)c1. The molecule has 0 saturated heterocycles. The first-order chi connectivity index (χ1) is 6.75. The minimum Gasteiger partial charge on any atom is -0.489 e. The largest absolute Gasteiger partial charge is 0.489 e. The molecule has 1 aliphatic rings. The van der Waals surface area contributed by atoms with E-state index in [4.69, 9.17) is 10.5 Å². The minimum atomic E-state index is 0.423. The van der Waals surface area contributed by atoms with E-state index in [0.29, 0.717) is 6.10 Å². The van der Waals surface area contributed by atoms with Crippen molar-refractivity contribution in [2.24, 2.45) is 0 Å². The Kier molecular flexibility index (Phi) is 3.15. The second-order valence-corrected chi connectivity index (χ2v) is 4.88. The summed E-state index contributed by atoms with van der Waals surface area (Å²) >= 11 is 2.27. The van der Waals surface area contributed by atoms with Gasteiger partial charge in [0.2, 0.25) is 0 Å². The second-order valence-electron chi connectivity index (χ2n) is 3.71. The zero-order chi connectivity index (χ0) is 9.97. The Hall–Kier alpha value is -0.450. The van der Waals surface area contributed by atoms with E-state index in [-0.39, 0.29) is 0 Å². The summed E-state index contributed by atoms with van der Waals surface area (Å²) in [5, 5.41) is 0. The van der Waals surface area contributed by atoms with Gasteiger partial charge in [-0.2, -0.15) is 0 Å². The third-order valence-electron chi connectivity index (χ3n) is 2.55. The summed E-state index contributed by atoms with van der Waals surface area (Å²) in [6, 6.07) is 5.81. The Morgan fingerprint density at radius 3 is 2.64 bits per heavy atom. The molecule has 1 aromatic carbocycles. The van der Waals surface area contributed by atoms with Crippen LogP contribution in [0, 0.1) is 3.57 Å². The predicted octanol–water partition coefficient (Wildman–Crippen LogP) is 3.19. The molecule has 3 heteroatoms. The Labute approximate surface area is 98.0 Å². The number of halogens is 1. The van der Waals surface area contributed by atoms with Gasteiger partial charge < -0.3 is 10.5 Å². The van der Waals surface area contributed by atoms with Crippen molar-refractivity contribution in [3.05, 3.63) is 21.8 Å². The zero-order valence-corrected chi connectivity index (χ0v) is 10.2. The number of anilines is 1. The molecule has 0 heterocycles. The standard InChI is InChI=1S/C11H14INO/c12-10-7-8(13)5-6-11(10)14-9-3-1-2-4-9/h5-7,9H,1-4,13H2. The van der Waals surface area contributed by atoms with Gasteiger partial charge >= 0.3 is 0 Å². The highest BCUT2D eigenvalue weighted by Crippen LogP contribution is 2.28. The highest BCUT2D eigenvalue weighted by Gasteiger charge is 2.17.